The molecule has 1 atom stereocenters. The Bertz CT molecular complexity index is 547. The summed E-state index contributed by atoms with van der Waals surface area (Å²) in [4.78, 5) is 4.49. The third-order valence-corrected chi connectivity index (χ3v) is 3.23. The van der Waals surface area contributed by atoms with Gasteiger partial charge in [-0.3, -0.25) is 0 Å². The van der Waals surface area contributed by atoms with E-state index in [1.165, 1.54) is 0 Å². The lowest BCUT2D eigenvalue weighted by atomic mass is 10.2. The molecule has 2 heterocycles. The summed E-state index contributed by atoms with van der Waals surface area (Å²) in [6.07, 6.45) is 2.22. The van der Waals surface area contributed by atoms with E-state index in [1.807, 2.05) is 31.2 Å². The van der Waals surface area contributed by atoms with Crippen LogP contribution in [0, 0.1) is 0 Å². The van der Waals surface area contributed by atoms with Gasteiger partial charge >= 0.3 is 0 Å². The Labute approximate surface area is 112 Å². The third-order valence-electron chi connectivity index (χ3n) is 3.23. The fourth-order valence-electron chi connectivity index (χ4n) is 2.32. The predicted octanol–water partition coefficient (Wildman–Crippen LogP) is 2.56. The quantitative estimate of drug-likeness (QED) is 0.914. The van der Waals surface area contributed by atoms with E-state index in [-0.39, 0.29) is 6.04 Å². The fourth-order valence-corrected chi connectivity index (χ4v) is 2.32. The molecule has 2 aromatic rings. The van der Waals surface area contributed by atoms with Gasteiger partial charge in [0.25, 0.3) is 5.89 Å². The van der Waals surface area contributed by atoms with E-state index < -0.39 is 0 Å². The zero-order valence-corrected chi connectivity index (χ0v) is 10.9. The number of aromatic nitrogens is 2. The van der Waals surface area contributed by atoms with Crippen molar-refractivity contribution in [1.82, 2.24) is 15.5 Å². The lowest BCUT2D eigenvalue weighted by molar-refractivity contribution is 0.339. The Morgan fingerprint density at radius 2 is 2.32 bits per heavy atom. The summed E-state index contributed by atoms with van der Waals surface area (Å²) in [7, 11) is 0. The molecule has 5 nitrogen and oxygen atoms in total. The first-order valence-corrected chi connectivity index (χ1v) is 6.67. The van der Waals surface area contributed by atoms with E-state index in [1.54, 1.807) is 0 Å². The Hall–Kier alpha value is -1.88. The third kappa shape index (κ3) is 2.46. The van der Waals surface area contributed by atoms with E-state index in [0.29, 0.717) is 12.5 Å². The Morgan fingerprint density at radius 1 is 1.42 bits per heavy atom. The first-order chi connectivity index (χ1) is 9.38. The van der Waals surface area contributed by atoms with Gasteiger partial charge in [0.15, 0.2) is 5.82 Å². The minimum Gasteiger partial charge on any atom is -0.493 e. The molecule has 1 N–H and O–H groups in total. The van der Waals surface area contributed by atoms with Crippen LogP contribution >= 0.6 is 0 Å². The summed E-state index contributed by atoms with van der Waals surface area (Å²) in [6, 6.07) is 7.94. The van der Waals surface area contributed by atoms with Crippen molar-refractivity contribution in [2.75, 3.05) is 13.2 Å². The van der Waals surface area contributed by atoms with Gasteiger partial charge in [0, 0.05) is 0 Å². The average molecular weight is 259 g/mol. The maximum atomic E-state index is 5.58. The van der Waals surface area contributed by atoms with E-state index in [9.17, 15) is 0 Å². The largest absolute Gasteiger partial charge is 0.493 e. The average Bonchev–Trinajstić information content (AvgIpc) is 3.11. The van der Waals surface area contributed by atoms with Gasteiger partial charge in [0.2, 0.25) is 0 Å². The Morgan fingerprint density at radius 3 is 3.11 bits per heavy atom. The second kappa shape index (κ2) is 5.40. The van der Waals surface area contributed by atoms with Crippen molar-refractivity contribution in [1.29, 1.82) is 0 Å². The van der Waals surface area contributed by atoms with Crippen LogP contribution in [-0.2, 0) is 0 Å². The number of para-hydroxylation sites is 1. The summed E-state index contributed by atoms with van der Waals surface area (Å²) in [5.74, 6) is 2.03. The number of hydrogen-bond acceptors (Lipinski definition) is 5. The summed E-state index contributed by atoms with van der Waals surface area (Å²) < 4.78 is 11.0. The topological polar surface area (TPSA) is 60.2 Å². The SMILES string of the molecule is CCOc1ccccc1-c1nc(C2CCCN2)no1. The molecule has 1 aromatic carbocycles. The zero-order chi connectivity index (χ0) is 13.1. The smallest absolute Gasteiger partial charge is 0.261 e. The van der Waals surface area contributed by atoms with Crippen molar-refractivity contribution in [3.05, 3.63) is 30.1 Å². The number of nitrogens with zero attached hydrogens (tertiary/aromatic N) is 2. The normalized spacial score (nSPS) is 18.7. The highest BCUT2D eigenvalue weighted by molar-refractivity contribution is 5.62. The highest BCUT2D eigenvalue weighted by Gasteiger charge is 2.22. The molecule has 3 rings (SSSR count). The molecule has 1 aliphatic rings. The molecule has 1 unspecified atom stereocenters. The van der Waals surface area contributed by atoms with Crippen molar-refractivity contribution in [2.45, 2.75) is 25.8 Å². The highest BCUT2D eigenvalue weighted by atomic mass is 16.5. The second-order valence-corrected chi connectivity index (χ2v) is 4.54. The van der Waals surface area contributed by atoms with Crippen molar-refractivity contribution < 1.29 is 9.26 Å². The first-order valence-electron chi connectivity index (χ1n) is 6.67. The molecule has 0 amide bonds. The lowest BCUT2D eigenvalue weighted by Crippen LogP contribution is -2.14. The molecule has 0 radical (unpaired) electrons. The molecule has 0 spiro atoms. The van der Waals surface area contributed by atoms with E-state index >= 15 is 0 Å². The number of nitrogens with one attached hydrogen (secondary N) is 1. The van der Waals surface area contributed by atoms with E-state index in [4.69, 9.17) is 9.26 Å². The van der Waals surface area contributed by atoms with Crippen LogP contribution in [0.1, 0.15) is 31.6 Å². The standard InChI is InChI=1S/C14H17N3O2/c1-2-18-12-8-4-3-6-10(12)14-16-13(17-19-14)11-7-5-9-15-11/h3-4,6,8,11,15H,2,5,7,9H2,1H3. The molecule has 5 heteroatoms. The van der Waals surface area contributed by atoms with Crippen LogP contribution in [0.15, 0.2) is 28.8 Å². The zero-order valence-electron chi connectivity index (χ0n) is 10.9. The van der Waals surface area contributed by atoms with Crippen LogP contribution in [0.25, 0.3) is 11.5 Å². The van der Waals surface area contributed by atoms with Crippen molar-refractivity contribution >= 4 is 0 Å². The lowest BCUT2D eigenvalue weighted by Gasteiger charge is -2.06. The minimum atomic E-state index is 0.219. The summed E-state index contributed by atoms with van der Waals surface area (Å²) in [5, 5.41) is 7.43. The van der Waals surface area contributed by atoms with Crippen molar-refractivity contribution in [3.63, 3.8) is 0 Å². The van der Waals surface area contributed by atoms with Crippen molar-refractivity contribution in [2.24, 2.45) is 0 Å². The van der Waals surface area contributed by atoms with Crippen LogP contribution in [0.2, 0.25) is 0 Å². The Balaban J connectivity index is 1.89. The van der Waals surface area contributed by atoms with E-state index in [2.05, 4.69) is 15.5 Å². The molecule has 0 saturated carbocycles. The first kappa shape index (κ1) is 12.2. The number of hydrogen-bond donors (Lipinski definition) is 1. The van der Waals surface area contributed by atoms with Gasteiger partial charge in [0.05, 0.1) is 18.2 Å². The second-order valence-electron chi connectivity index (χ2n) is 4.54. The van der Waals surface area contributed by atoms with Crippen LogP contribution in [-0.4, -0.2) is 23.3 Å². The van der Waals surface area contributed by atoms with Gasteiger partial charge in [-0.25, -0.2) is 0 Å². The molecule has 1 aliphatic heterocycles. The number of benzene rings is 1. The molecule has 0 aliphatic carbocycles. The van der Waals surface area contributed by atoms with Crippen LogP contribution in [0.5, 0.6) is 5.75 Å². The molecule has 1 aromatic heterocycles. The van der Waals surface area contributed by atoms with Gasteiger partial charge in [0.1, 0.15) is 5.75 Å². The summed E-state index contributed by atoms with van der Waals surface area (Å²) in [6.45, 7) is 3.59. The fraction of sp³-hybridized carbons (Fsp3) is 0.429. The molecule has 0 bridgehead atoms. The minimum absolute atomic E-state index is 0.219. The molecular formula is C14H17N3O2. The summed E-state index contributed by atoms with van der Waals surface area (Å²) in [5.41, 5.74) is 0.848. The van der Waals surface area contributed by atoms with E-state index in [0.717, 1.165) is 36.5 Å². The monoisotopic (exact) mass is 259 g/mol. The Kier molecular flexibility index (Phi) is 3.46. The van der Waals surface area contributed by atoms with Crippen molar-refractivity contribution in [3.8, 4) is 17.2 Å². The van der Waals surface area contributed by atoms with Gasteiger partial charge in [-0.2, -0.15) is 4.98 Å². The maximum absolute atomic E-state index is 5.58. The molecular weight excluding hydrogens is 242 g/mol. The van der Waals surface area contributed by atoms with Crippen LogP contribution < -0.4 is 10.1 Å². The van der Waals surface area contributed by atoms with Gasteiger partial charge in [-0.05, 0) is 38.4 Å². The van der Waals surface area contributed by atoms with Crippen LogP contribution in [0.4, 0.5) is 0 Å². The van der Waals surface area contributed by atoms with Gasteiger partial charge in [-0.15, -0.1) is 0 Å². The van der Waals surface area contributed by atoms with Gasteiger partial charge in [-0.1, -0.05) is 17.3 Å². The molecule has 19 heavy (non-hydrogen) atoms. The van der Waals surface area contributed by atoms with Gasteiger partial charge < -0.3 is 14.6 Å². The predicted molar refractivity (Wildman–Crippen MR) is 70.9 cm³/mol. The number of rotatable bonds is 4. The summed E-state index contributed by atoms with van der Waals surface area (Å²) >= 11 is 0. The molecule has 1 saturated heterocycles. The van der Waals surface area contributed by atoms with Crippen LogP contribution in [0.3, 0.4) is 0 Å². The molecule has 100 valence electrons. The number of ether oxygens (including phenoxy) is 1. The maximum Gasteiger partial charge on any atom is 0.261 e. The molecule has 1 fully saturated rings. The highest BCUT2D eigenvalue weighted by Crippen LogP contribution is 2.30.